The van der Waals surface area contributed by atoms with Gasteiger partial charge in [-0.1, -0.05) is 0 Å². The maximum atomic E-state index is 11.9. The van der Waals surface area contributed by atoms with Crippen molar-refractivity contribution in [2.45, 2.75) is 43.9 Å². The smallest absolute Gasteiger partial charge is 0.332 e. The maximum absolute atomic E-state index is 11.9. The van der Waals surface area contributed by atoms with Gasteiger partial charge in [-0.25, -0.2) is 4.79 Å². The van der Waals surface area contributed by atoms with Crippen LogP contribution in [0.2, 0.25) is 0 Å². The Hall–Kier alpha value is -1.14. The fourth-order valence-electron chi connectivity index (χ4n) is 2.16. The summed E-state index contributed by atoms with van der Waals surface area (Å²) in [6.45, 7) is 3.05. The summed E-state index contributed by atoms with van der Waals surface area (Å²) in [6.07, 6.45) is 0.126. The number of carbonyl (C=O) groups is 2. The number of rotatable bonds is 3. The number of carboxylic acid groups (broad SMARTS) is 1. The van der Waals surface area contributed by atoms with E-state index in [0.29, 0.717) is 26.1 Å². The van der Waals surface area contributed by atoms with Crippen molar-refractivity contribution in [2.75, 3.05) is 13.2 Å². The number of hydrogen-bond donors (Lipinski definition) is 2. The monoisotopic (exact) mass is 243 g/mol. The molecular weight excluding hydrogens is 226 g/mol. The van der Waals surface area contributed by atoms with Gasteiger partial charge in [0.05, 0.1) is 12.1 Å². The molecule has 0 bridgehead atoms. The first-order valence-corrected chi connectivity index (χ1v) is 5.78. The van der Waals surface area contributed by atoms with Gasteiger partial charge in [0.2, 0.25) is 5.91 Å². The van der Waals surface area contributed by atoms with Crippen LogP contribution in [0.4, 0.5) is 0 Å². The van der Waals surface area contributed by atoms with E-state index in [-0.39, 0.29) is 11.4 Å². The number of ether oxygens (including phenoxy) is 2. The average molecular weight is 243 g/mol. The Morgan fingerprint density at radius 1 is 1.35 bits per heavy atom. The van der Waals surface area contributed by atoms with E-state index in [2.05, 4.69) is 5.32 Å². The molecule has 2 N–H and O–H groups in total. The van der Waals surface area contributed by atoms with E-state index in [1.807, 2.05) is 6.92 Å². The Morgan fingerprint density at radius 3 is 2.59 bits per heavy atom. The normalized spacial score (nSPS) is 37.0. The molecule has 17 heavy (non-hydrogen) atoms. The summed E-state index contributed by atoms with van der Waals surface area (Å²) in [6, 6.07) is 0. The molecule has 6 heteroatoms. The summed E-state index contributed by atoms with van der Waals surface area (Å²) < 4.78 is 10.4. The molecule has 2 rings (SSSR count). The van der Waals surface area contributed by atoms with Crippen LogP contribution in [0.25, 0.3) is 0 Å². The number of aliphatic carboxylic acids is 1. The molecule has 3 atom stereocenters. The van der Waals surface area contributed by atoms with Crippen LogP contribution in [0.1, 0.15) is 26.2 Å². The standard InChI is InChI=1S/C11H17NO5/c1-11(4-5-16-6-11)12-9(13)7-2-3-8(17-7)10(14)15/h7-8H,2-6H2,1H3,(H,12,13)(H,14,15). The van der Waals surface area contributed by atoms with Crippen molar-refractivity contribution in [1.29, 1.82) is 0 Å². The molecule has 1 amide bonds. The predicted molar refractivity (Wildman–Crippen MR) is 57.5 cm³/mol. The fraction of sp³-hybridized carbons (Fsp3) is 0.818. The molecule has 6 nitrogen and oxygen atoms in total. The largest absolute Gasteiger partial charge is 0.479 e. The van der Waals surface area contributed by atoms with Crippen molar-refractivity contribution in [3.63, 3.8) is 0 Å². The molecular formula is C11H17NO5. The van der Waals surface area contributed by atoms with E-state index < -0.39 is 18.2 Å². The lowest BCUT2D eigenvalue weighted by Crippen LogP contribution is -2.50. The molecule has 2 aliphatic heterocycles. The van der Waals surface area contributed by atoms with E-state index in [0.717, 1.165) is 6.42 Å². The Balaban J connectivity index is 1.87. The van der Waals surface area contributed by atoms with Crippen molar-refractivity contribution in [2.24, 2.45) is 0 Å². The maximum Gasteiger partial charge on any atom is 0.332 e. The minimum absolute atomic E-state index is 0.234. The van der Waals surface area contributed by atoms with Crippen LogP contribution < -0.4 is 5.32 Å². The topological polar surface area (TPSA) is 84.9 Å². The fourth-order valence-corrected chi connectivity index (χ4v) is 2.16. The van der Waals surface area contributed by atoms with E-state index in [1.165, 1.54) is 0 Å². The molecule has 2 heterocycles. The first kappa shape index (κ1) is 12.3. The zero-order valence-corrected chi connectivity index (χ0v) is 9.77. The van der Waals surface area contributed by atoms with Gasteiger partial charge in [-0.05, 0) is 26.2 Å². The molecule has 0 aromatic carbocycles. The molecule has 2 saturated heterocycles. The van der Waals surface area contributed by atoms with Crippen molar-refractivity contribution in [1.82, 2.24) is 5.32 Å². The van der Waals surface area contributed by atoms with Gasteiger partial charge in [-0.2, -0.15) is 0 Å². The van der Waals surface area contributed by atoms with Gasteiger partial charge in [0, 0.05) is 6.61 Å². The van der Waals surface area contributed by atoms with Crippen LogP contribution in [0.5, 0.6) is 0 Å². The van der Waals surface area contributed by atoms with Crippen LogP contribution >= 0.6 is 0 Å². The Kier molecular flexibility index (Phi) is 3.35. The molecule has 2 fully saturated rings. The third-order valence-electron chi connectivity index (χ3n) is 3.23. The third-order valence-corrected chi connectivity index (χ3v) is 3.23. The summed E-state index contributed by atoms with van der Waals surface area (Å²) in [5, 5.41) is 11.6. The summed E-state index contributed by atoms with van der Waals surface area (Å²) >= 11 is 0. The molecule has 0 saturated carbocycles. The van der Waals surface area contributed by atoms with Crippen LogP contribution in [-0.4, -0.2) is 47.9 Å². The molecule has 0 radical (unpaired) electrons. The molecule has 0 aromatic heterocycles. The van der Waals surface area contributed by atoms with Gasteiger partial charge in [0.25, 0.3) is 0 Å². The van der Waals surface area contributed by atoms with Crippen molar-refractivity contribution < 1.29 is 24.2 Å². The summed E-state index contributed by atoms with van der Waals surface area (Å²) in [7, 11) is 0. The number of carboxylic acids is 1. The minimum atomic E-state index is -1.00. The Morgan fingerprint density at radius 2 is 2.06 bits per heavy atom. The molecule has 0 spiro atoms. The third kappa shape index (κ3) is 2.76. The average Bonchev–Trinajstić information content (AvgIpc) is 2.86. The lowest BCUT2D eigenvalue weighted by Gasteiger charge is -2.25. The Labute approximate surface area is 99.3 Å². The van der Waals surface area contributed by atoms with Gasteiger partial charge >= 0.3 is 5.97 Å². The van der Waals surface area contributed by atoms with Crippen molar-refractivity contribution in [3.8, 4) is 0 Å². The second-order valence-electron chi connectivity index (χ2n) is 4.88. The highest BCUT2D eigenvalue weighted by Crippen LogP contribution is 2.23. The highest BCUT2D eigenvalue weighted by Gasteiger charge is 2.38. The van der Waals surface area contributed by atoms with Crippen LogP contribution in [0.3, 0.4) is 0 Å². The van der Waals surface area contributed by atoms with Crippen LogP contribution in [0, 0.1) is 0 Å². The summed E-state index contributed by atoms with van der Waals surface area (Å²) in [4.78, 5) is 22.6. The van der Waals surface area contributed by atoms with E-state index in [1.54, 1.807) is 0 Å². The first-order chi connectivity index (χ1) is 8.00. The van der Waals surface area contributed by atoms with E-state index >= 15 is 0 Å². The van der Waals surface area contributed by atoms with Crippen LogP contribution in [-0.2, 0) is 19.1 Å². The number of nitrogens with one attached hydrogen (secondary N) is 1. The quantitative estimate of drug-likeness (QED) is 0.724. The minimum Gasteiger partial charge on any atom is -0.479 e. The van der Waals surface area contributed by atoms with Crippen LogP contribution in [0.15, 0.2) is 0 Å². The predicted octanol–water partition coefficient (Wildman–Crippen LogP) is -0.0862. The highest BCUT2D eigenvalue weighted by molar-refractivity contribution is 5.83. The number of hydrogen-bond acceptors (Lipinski definition) is 4. The van der Waals surface area contributed by atoms with E-state index in [4.69, 9.17) is 14.6 Å². The number of carbonyl (C=O) groups excluding carboxylic acids is 1. The summed E-state index contributed by atoms with van der Waals surface area (Å²) in [5.74, 6) is -1.24. The Bertz CT molecular complexity index is 324. The zero-order chi connectivity index (χ0) is 12.5. The molecule has 96 valence electrons. The molecule has 0 aromatic rings. The van der Waals surface area contributed by atoms with Gasteiger partial charge in [0.1, 0.15) is 6.10 Å². The summed E-state index contributed by atoms with van der Waals surface area (Å²) in [5.41, 5.74) is -0.345. The van der Waals surface area contributed by atoms with Crippen molar-refractivity contribution in [3.05, 3.63) is 0 Å². The highest BCUT2D eigenvalue weighted by atomic mass is 16.5. The van der Waals surface area contributed by atoms with Crippen molar-refractivity contribution >= 4 is 11.9 Å². The van der Waals surface area contributed by atoms with Gasteiger partial charge < -0.3 is 19.9 Å². The van der Waals surface area contributed by atoms with Gasteiger partial charge in [-0.3, -0.25) is 4.79 Å². The molecule has 0 aliphatic carbocycles. The molecule has 2 aliphatic rings. The lowest BCUT2D eigenvalue weighted by atomic mass is 10.0. The lowest BCUT2D eigenvalue weighted by molar-refractivity contribution is -0.152. The second-order valence-corrected chi connectivity index (χ2v) is 4.88. The second kappa shape index (κ2) is 4.62. The number of amides is 1. The van der Waals surface area contributed by atoms with Gasteiger partial charge in [-0.15, -0.1) is 0 Å². The zero-order valence-electron chi connectivity index (χ0n) is 9.77. The first-order valence-electron chi connectivity index (χ1n) is 5.78. The SMILES string of the molecule is CC1(NC(=O)C2CCC(C(=O)O)O2)CCOC1. The van der Waals surface area contributed by atoms with E-state index in [9.17, 15) is 9.59 Å². The van der Waals surface area contributed by atoms with Gasteiger partial charge in [0.15, 0.2) is 6.10 Å². The molecule has 3 unspecified atom stereocenters.